The Morgan fingerprint density at radius 2 is 1.81 bits per heavy atom. The minimum absolute atomic E-state index is 0.306. The van der Waals surface area contributed by atoms with Crippen LogP contribution in [-0.2, 0) is 24.1 Å². The van der Waals surface area contributed by atoms with Gasteiger partial charge >= 0.3 is 0 Å². The van der Waals surface area contributed by atoms with Gasteiger partial charge in [0.25, 0.3) is 0 Å². The molecule has 0 unspecified atom stereocenters. The molecule has 0 saturated carbocycles. The summed E-state index contributed by atoms with van der Waals surface area (Å²) in [5.41, 5.74) is 5.16. The number of aryl methyl sites for hydroxylation is 2. The first-order valence-corrected chi connectivity index (χ1v) is 12.1. The molecule has 0 bridgehead atoms. The van der Waals surface area contributed by atoms with Crippen LogP contribution in [0.3, 0.4) is 0 Å². The van der Waals surface area contributed by atoms with Crippen molar-refractivity contribution in [1.82, 2.24) is 20.0 Å². The number of nitrogens with one attached hydrogen (secondary N) is 1. The maximum absolute atomic E-state index is 13.0. The second-order valence-corrected chi connectivity index (χ2v) is 9.33. The van der Waals surface area contributed by atoms with E-state index in [1.165, 1.54) is 36.2 Å². The fourth-order valence-corrected chi connectivity index (χ4v) is 5.60. The fraction of sp³-hybridized carbons (Fsp3) is 0.600. The molecule has 2 aliphatic heterocycles. The molecule has 2 saturated heterocycles. The predicted molar refractivity (Wildman–Crippen MR) is 123 cm³/mol. The molecule has 1 aromatic heterocycles. The molecule has 2 aromatic rings. The van der Waals surface area contributed by atoms with Crippen molar-refractivity contribution in [2.75, 3.05) is 44.2 Å². The van der Waals surface area contributed by atoms with Crippen LogP contribution in [0, 0.1) is 0 Å². The van der Waals surface area contributed by atoms with E-state index >= 15 is 0 Å². The van der Waals surface area contributed by atoms with E-state index in [2.05, 4.69) is 55.2 Å². The van der Waals surface area contributed by atoms with Gasteiger partial charge in [0, 0.05) is 69.5 Å². The third-order valence-electron chi connectivity index (χ3n) is 7.42. The third-order valence-corrected chi connectivity index (χ3v) is 7.42. The zero-order chi connectivity index (χ0) is 21.0. The molecule has 2 fully saturated rings. The quantitative estimate of drug-likeness (QED) is 0.806. The normalized spacial score (nSPS) is 22.4. The zero-order valence-corrected chi connectivity index (χ0v) is 18.6. The van der Waals surface area contributed by atoms with Crippen LogP contribution >= 0.6 is 0 Å². The molecule has 166 valence electrons. The molecule has 0 spiro atoms. The predicted octanol–water partition coefficient (Wildman–Crippen LogP) is 3.03. The number of hydrogen-bond donors (Lipinski definition) is 1. The van der Waals surface area contributed by atoms with E-state index in [-0.39, 0.29) is 0 Å². The number of nitrogens with zero attached hydrogens (tertiary/aromatic N) is 4. The average Bonchev–Trinajstić information content (AvgIpc) is 3.26. The first kappa shape index (κ1) is 20.6. The number of carbonyl (C=O) groups excluding carboxylic acids is 1. The van der Waals surface area contributed by atoms with E-state index in [1.807, 2.05) is 0 Å². The number of anilines is 1. The van der Waals surface area contributed by atoms with E-state index in [4.69, 9.17) is 0 Å². The molecule has 1 aromatic carbocycles. The second-order valence-electron chi connectivity index (χ2n) is 9.33. The number of amides is 1. The molecule has 1 N–H and O–H groups in total. The maximum atomic E-state index is 13.0. The number of aromatic nitrogens is 2. The highest BCUT2D eigenvalue weighted by Crippen LogP contribution is 2.24. The van der Waals surface area contributed by atoms with Crippen molar-refractivity contribution in [1.29, 1.82) is 0 Å². The van der Waals surface area contributed by atoms with Crippen LogP contribution in [0.15, 0.2) is 30.3 Å². The number of benzene rings is 1. The molecule has 0 radical (unpaired) electrons. The lowest BCUT2D eigenvalue weighted by Crippen LogP contribution is -2.55. The number of aromatic amines is 1. The van der Waals surface area contributed by atoms with Crippen LogP contribution in [0.4, 0.5) is 5.69 Å². The fourth-order valence-electron chi connectivity index (χ4n) is 5.60. The van der Waals surface area contributed by atoms with Crippen LogP contribution < -0.4 is 4.90 Å². The SMILES string of the molecule is O=C(CCc1n[nH]c2c1CCCC2)N1CCC[C@H](N2CCN(c3ccccc3)CC2)C1. The Bertz CT molecular complexity index is 871. The molecule has 6 heteroatoms. The van der Waals surface area contributed by atoms with Gasteiger partial charge < -0.3 is 9.80 Å². The van der Waals surface area contributed by atoms with Crippen molar-refractivity contribution in [2.24, 2.45) is 0 Å². The van der Waals surface area contributed by atoms with Crippen LogP contribution in [0.25, 0.3) is 0 Å². The Morgan fingerprint density at radius 3 is 2.65 bits per heavy atom. The Balaban J connectivity index is 1.12. The Kier molecular flexibility index (Phi) is 6.25. The van der Waals surface area contributed by atoms with Crippen LogP contribution in [0.5, 0.6) is 0 Å². The molecular formula is C25H35N5O. The smallest absolute Gasteiger partial charge is 0.223 e. The highest BCUT2D eigenvalue weighted by Gasteiger charge is 2.30. The van der Waals surface area contributed by atoms with Crippen molar-refractivity contribution >= 4 is 11.6 Å². The van der Waals surface area contributed by atoms with E-state index in [9.17, 15) is 4.79 Å². The van der Waals surface area contributed by atoms with Crippen molar-refractivity contribution < 1.29 is 4.79 Å². The standard InChI is InChI=1S/C25H35N5O/c31-25(13-12-24-22-10-4-5-11-23(22)26-27-24)30-14-6-9-21(19-30)29-17-15-28(16-18-29)20-7-2-1-3-8-20/h1-3,7-8,21H,4-6,9-19H2,(H,26,27)/t21-/m0/s1. The van der Waals surface area contributed by atoms with E-state index in [0.717, 1.165) is 70.6 Å². The summed E-state index contributed by atoms with van der Waals surface area (Å²) in [5, 5.41) is 7.74. The summed E-state index contributed by atoms with van der Waals surface area (Å²) in [6.45, 7) is 6.11. The van der Waals surface area contributed by atoms with Gasteiger partial charge in [0.15, 0.2) is 0 Å². The minimum atomic E-state index is 0.306. The van der Waals surface area contributed by atoms with Gasteiger partial charge in [0.05, 0.1) is 5.69 Å². The summed E-state index contributed by atoms with van der Waals surface area (Å²) in [7, 11) is 0. The summed E-state index contributed by atoms with van der Waals surface area (Å²) < 4.78 is 0. The van der Waals surface area contributed by atoms with Crippen molar-refractivity contribution in [3.63, 3.8) is 0 Å². The summed E-state index contributed by atoms with van der Waals surface area (Å²) in [6, 6.07) is 11.2. The number of piperazine rings is 1. The van der Waals surface area contributed by atoms with Crippen LogP contribution in [0.2, 0.25) is 0 Å². The first-order valence-electron chi connectivity index (χ1n) is 12.1. The topological polar surface area (TPSA) is 55.5 Å². The lowest BCUT2D eigenvalue weighted by atomic mass is 9.94. The summed E-state index contributed by atoms with van der Waals surface area (Å²) in [6.07, 6.45) is 8.43. The lowest BCUT2D eigenvalue weighted by Gasteiger charge is -2.44. The minimum Gasteiger partial charge on any atom is -0.369 e. The molecule has 5 rings (SSSR count). The van der Waals surface area contributed by atoms with Gasteiger partial charge in [-0.25, -0.2) is 0 Å². The highest BCUT2D eigenvalue weighted by molar-refractivity contribution is 5.76. The number of piperidine rings is 1. The van der Waals surface area contributed by atoms with Gasteiger partial charge in [0.1, 0.15) is 0 Å². The lowest BCUT2D eigenvalue weighted by molar-refractivity contribution is -0.133. The van der Waals surface area contributed by atoms with Crippen molar-refractivity contribution in [3.8, 4) is 0 Å². The molecule has 1 atom stereocenters. The molecule has 1 amide bonds. The Morgan fingerprint density at radius 1 is 1.00 bits per heavy atom. The van der Waals surface area contributed by atoms with E-state index in [0.29, 0.717) is 18.4 Å². The van der Waals surface area contributed by atoms with Crippen molar-refractivity contribution in [2.45, 2.75) is 57.4 Å². The number of fused-ring (bicyclic) bond motifs is 1. The number of carbonyl (C=O) groups is 1. The Hall–Kier alpha value is -2.34. The van der Waals surface area contributed by atoms with E-state index < -0.39 is 0 Å². The number of hydrogen-bond acceptors (Lipinski definition) is 4. The molecular weight excluding hydrogens is 386 g/mol. The first-order chi connectivity index (χ1) is 15.3. The molecule has 3 aliphatic rings. The number of H-pyrrole nitrogens is 1. The monoisotopic (exact) mass is 421 g/mol. The number of para-hydroxylation sites is 1. The van der Waals surface area contributed by atoms with Gasteiger partial charge in [-0.15, -0.1) is 0 Å². The molecule has 1 aliphatic carbocycles. The van der Waals surface area contributed by atoms with Crippen molar-refractivity contribution in [3.05, 3.63) is 47.3 Å². The summed E-state index contributed by atoms with van der Waals surface area (Å²) >= 11 is 0. The number of likely N-dealkylation sites (tertiary alicyclic amines) is 1. The molecule has 3 heterocycles. The average molecular weight is 422 g/mol. The van der Waals surface area contributed by atoms with Gasteiger partial charge in [-0.05, 0) is 56.2 Å². The van der Waals surface area contributed by atoms with Crippen LogP contribution in [0.1, 0.15) is 49.1 Å². The maximum Gasteiger partial charge on any atom is 0.223 e. The van der Waals surface area contributed by atoms with Gasteiger partial charge in [0.2, 0.25) is 5.91 Å². The van der Waals surface area contributed by atoms with Crippen LogP contribution in [-0.4, -0.2) is 71.2 Å². The number of rotatable bonds is 5. The summed E-state index contributed by atoms with van der Waals surface area (Å²) in [4.78, 5) is 20.2. The zero-order valence-electron chi connectivity index (χ0n) is 18.6. The third kappa shape index (κ3) is 4.64. The second kappa shape index (κ2) is 9.43. The van der Waals surface area contributed by atoms with Gasteiger partial charge in [-0.2, -0.15) is 5.10 Å². The highest BCUT2D eigenvalue weighted by atomic mass is 16.2. The molecule has 6 nitrogen and oxygen atoms in total. The van der Waals surface area contributed by atoms with Gasteiger partial charge in [-0.1, -0.05) is 18.2 Å². The Labute approximate surface area is 185 Å². The van der Waals surface area contributed by atoms with E-state index in [1.54, 1.807) is 0 Å². The summed E-state index contributed by atoms with van der Waals surface area (Å²) in [5.74, 6) is 0.306. The van der Waals surface area contributed by atoms with Gasteiger partial charge in [-0.3, -0.25) is 14.8 Å². The molecule has 31 heavy (non-hydrogen) atoms. The largest absolute Gasteiger partial charge is 0.369 e.